The second-order valence-corrected chi connectivity index (χ2v) is 7.96. The lowest BCUT2D eigenvalue weighted by atomic mass is 10.3. The molecule has 0 radical (unpaired) electrons. The van der Waals surface area contributed by atoms with Gasteiger partial charge in [0.1, 0.15) is 5.52 Å². The van der Waals surface area contributed by atoms with Crippen molar-refractivity contribution in [1.29, 1.82) is 0 Å². The summed E-state index contributed by atoms with van der Waals surface area (Å²) in [6, 6.07) is 4.87. The van der Waals surface area contributed by atoms with Gasteiger partial charge in [-0.2, -0.15) is 4.31 Å². The Morgan fingerprint density at radius 1 is 1.28 bits per heavy atom. The van der Waals surface area contributed by atoms with Gasteiger partial charge in [0.2, 0.25) is 15.9 Å². The quantitative estimate of drug-likeness (QED) is 0.760. The number of sulfonamides is 1. The molecule has 1 amide bonds. The molecule has 9 heteroatoms. The third-order valence-corrected chi connectivity index (χ3v) is 5.87. The van der Waals surface area contributed by atoms with Crippen LogP contribution in [0.15, 0.2) is 23.1 Å². The van der Waals surface area contributed by atoms with Gasteiger partial charge in [-0.1, -0.05) is 19.1 Å². The number of carbonyl (C=O) groups is 1. The van der Waals surface area contributed by atoms with Crippen LogP contribution in [0.3, 0.4) is 0 Å². The van der Waals surface area contributed by atoms with E-state index >= 15 is 0 Å². The van der Waals surface area contributed by atoms with E-state index in [2.05, 4.69) is 15.6 Å². The van der Waals surface area contributed by atoms with E-state index < -0.39 is 10.0 Å². The minimum absolute atomic E-state index is 0.0561. The van der Waals surface area contributed by atoms with Crippen molar-refractivity contribution in [2.75, 3.05) is 13.1 Å². The van der Waals surface area contributed by atoms with Crippen molar-refractivity contribution in [2.45, 2.75) is 51.6 Å². The minimum Gasteiger partial charge on any atom is -0.354 e. The highest BCUT2D eigenvalue weighted by Gasteiger charge is 2.22. The molecule has 1 heterocycles. The number of hydrogen-bond acceptors (Lipinski definition) is 5. The third kappa shape index (κ3) is 4.35. The smallest absolute Gasteiger partial charge is 0.243 e. The largest absolute Gasteiger partial charge is 0.354 e. The Balaban J connectivity index is 2.22. The van der Waals surface area contributed by atoms with Crippen molar-refractivity contribution in [3.8, 4) is 0 Å². The van der Waals surface area contributed by atoms with Crippen molar-refractivity contribution in [3.63, 3.8) is 0 Å². The number of aryl methyl sites for hydroxylation is 1. The molecule has 1 aromatic carbocycles. The molecule has 2 aromatic rings. The molecule has 0 aliphatic heterocycles. The van der Waals surface area contributed by atoms with Gasteiger partial charge in [-0.05, 0) is 32.0 Å². The highest BCUT2D eigenvalue weighted by atomic mass is 32.2. The van der Waals surface area contributed by atoms with E-state index in [-0.39, 0.29) is 23.3 Å². The van der Waals surface area contributed by atoms with Gasteiger partial charge >= 0.3 is 0 Å². The van der Waals surface area contributed by atoms with Crippen LogP contribution in [-0.2, 0) is 21.4 Å². The van der Waals surface area contributed by atoms with Crippen LogP contribution < -0.4 is 5.32 Å². The Morgan fingerprint density at radius 2 is 1.96 bits per heavy atom. The molecule has 0 saturated heterocycles. The van der Waals surface area contributed by atoms with E-state index in [1.807, 2.05) is 13.8 Å². The van der Waals surface area contributed by atoms with Crippen LogP contribution in [0.25, 0.3) is 11.0 Å². The molecule has 0 unspecified atom stereocenters. The molecule has 2 rings (SSSR count). The zero-order valence-electron chi connectivity index (χ0n) is 15.1. The van der Waals surface area contributed by atoms with E-state index in [9.17, 15) is 13.2 Å². The number of carbonyl (C=O) groups excluding carboxylic acids is 1. The first-order valence-corrected chi connectivity index (χ1v) is 9.86. The molecule has 0 spiro atoms. The summed E-state index contributed by atoms with van der Waals surface area (Å²) in [7, 11) is -3.53. The molecule has 25 heavy (non-hydrogen) atoms. The van der Waals surface area contributed by atoms with Crippen molar-refractivity contribution in [2.24, 2.45) is 0 Å². The molecule has 8 nitrogen and oxygen atoms in total. The average Bonchev–Trinajstić information content (AvgIpc) is 2.95. The summed E-state index contributed by atoms with van der Waals surface area (Å²) >= 11 is 0. The van der Waals surface area contributed by atoms with Crippen LogP contribution >= 0.6 is 0 Å². The summed E-state index contributed by atoms with van der Waals surface area (Å²) < 4.78 is 28.2. The van der Waals surface area contributed by atoms with Crippen LogP contribution in [-0.4, -0.2) is 52.8 Å². The molecule has 0 aliphatic rings. The van der Waals surface area contributed by atoms with Gasteiger partial charge in [-0.3, -0.25) is 4.79 Å². The Hall–Kier alpha value is -2.00. The highest BCUT2D eigenvalue weighted by molar-refractivity contribution is 7.89. The topological polar surface area (TPSA) is 97.2 Å². The highest BCUT2D eigenvalue weighted by Crippen LogP contribution is 2.20. The van der Waals surface area contributed by atoms with E-state index in [4.69, 9.17) is 0 Å². The zero-order valence-corrected chi connectivity index (χ0v) is 15.9. The Kier molecular flexibility index (Phi) is 6.12. The number of nitrogens with zero attached hydrogens (tertiary/aromatic N) is 4. The minimum atomic E-state index is -3.53. The molecule has 1 N–H and O–H groups in total. The SMILES string of the molecule is CCN(CC)S(=O)(=O)c1ccc2c(c1)nnn2CCC(=O)NC(C)C. The lowest BCUT2D eigenvalue weighted by Gasteiger charge is -2.18. The Bertz CT molecular complexity index is 841. The van der Waals surface area contributed by atoms with Crippen molar-refractivity contribution >= 4 is 27.0 Å². The monoisotopic (exact) mass is 367 g/mol. The van der Waals surface area contributed by atoms with Gasteiger partial charge in [0.05, 0.1) is 17.0 Å². The summed E-state index contributed by atoms with van der Waals surface area (Å²) in [5, 5.41) is 10.9. The third-order valence-electron chi connectivity index (χ3n) is 3.83. The molecule has 0 aliphatic carbocycles. The Labute approximate surface area is 148 Å². The fraction of sp³-hybridized carbons (Fsp3) is 0.562. The fourth-order valence-corrected chi connectivity index (χ4v) is 4.07. The van der Waals surface area contributed by atoms with Crippen molar-refractivity contribution in [3.05, 3.63) is 18.2 Å². The molecular formula is C16H25N5O3S. The van der Waals surface area contributed by atoms with Gasteiger partial charge in [0.25, 0.3) is 0 Å². The summed E-state index contributed by atoms with van der Waals surface area (Å²) in [4.78, 5) is 12.0. The first kappa shape index (κ1) is 19.3. The lowest BCUT2D eigenvalue weighted by molar-refractivity contribution is -0.121. The van der Waals surface area contributed by atoms with Crippen LogP contribution in [0.1, 0.15) is 34.1 Å². The molecule has 0 fully saturated rings. The van der Waals surface area contributed by atoms with E-state index in [1.165, 1.54) is 10.4 Å². The second kappa shape index (κ2) is 7.92. The van der Waals surface area contributed by atoms with Crippen molar-refractivity contribution in [1.82, 2.24) is 24.6 Å². The number of nitrogens with one attached hydrogen (secondary N) is 1. The van der Waals surface area contributed by atoms with Gasteiger partial charge in [0.15, 0.2) is 0 Å². The van der Waals surface area contributed by atoms with Crippen molar-refractivity contribution < 1.29 is 13.2 Å². The summed E-state index contributed by atoms with van der Waals surface area (Å²) in [6.07, 6.45) is 0.288. The molecule has 0 saturated carbocycles. The van der Waals surface area contributed by atoms with Gasteiger partial charge in [-0.15, -0.1) is 5.10 Å². The first-order chi connectivity index (χ1) is 11.8. The number of fused-ring (bicyclic) bond motifs is 1. The predicted molar refractivity (Wildman–Crippen MR) is 95.5 cm³/mol. The molecule has 1 aromatic heterocycles. The van der Waals surface area contributed by atoms with Crippen LogP contribution in [0.2, 0.25) is 0 Å². The van der Waals surface area contributed by atoms with Crippen LogP contribution in [0, 0.1) is 0 Å². The maximum Gasteiger partial charge on any atom is 0.243 e. The van der Waals surface area contributed by atoms with E-state index in [0.717, 1.165) is 0 Å². The normalized spacial score (nSPS) is 12.2. The van der Waals surface area contributed by atoms with E-state index in [0.29, 0.717) is 30.7 Å². The summed E-state index contributed by atoms with van der Waals surface area (Å²) in [6.45, 7) is 8.62. The fourth-order valence-electron chi connectivity index (χ4n) is 2.59. The van der Waals surface area contributed by atoms with Crippen LogP contribution in [0.4, 0.5) is 0 Å². The number of aromatic nitrogens is 3. The predicted octanol–water partition coefficient (Wildman–Crippen LogP) is 1.38. The molecule has 138 valence electrons. The lowest BCUT2D eigenvalue weighted by Crippen LogP contribution is -2.30. The molecule has 0 bridgehead atoms. The Morgan fingerprint density at radius 3 is 2.56 bits per heavy atom. The molecule has 0 atom stereocenters. The zero-order chi connectivity index (χ0) is 18.6. The number of hydrogen-bond donors (Lipinski definition) is 1. The van der Waals surface area contributed by atoms with Crippen LogP contribution in [0.5, 0.6) is 0 Å². The van der Waals surface area contributed by atoms with Gasteiger partial charge in [-0.25, -0.2) is 13.1 Å². The summed E-state index contributed by atoms with van der Waals surface area (Å²) in [5.74, 6) is -0.0561. The average molecular weight is 367 g/mol. The maximum absolute atomic E-state index is 12.6. The maximum atomic E-state index is 12.6. The second-order valence-electron chi connectivity index (χ2n) is 6.02. The molecular weight excluding hydrogens is 342 g/mol. The first-order valence-electron chi connectivity index (χ1n) is 8.42. The number of benzene rings is 1. The number of rotatable bonds is 8. The van der Waals surface area contributed by atoms with Gasteiger partial charge in [0, 0.05) is 25.6 Å². The standard InChI is InChI=1S/C16H25N5O3S/c1-5-20(6-2)25(23,24)13-7-8-15-14(11-13)18-19-21(15)10-9-16(22)17-12(3)4/h7-8,11-12H,5-6,9-10H2,1-4H3,(H,17,22). The summed E-state index contributed by atoms with van der Waals surface area (Å²) in [5.41, 5.74) is 1.20. The van der Waals surface area contributed by atoms with E-state index in [1.54, 1.807) is 30.7 Å². The number of amides is 1. The van der Waals surface area contributed by atoms with Gasteiger partial charge < -0.3 is 5.32 Å².